The summed E-state index contributed by atoms with van der Waals surface area (Å²) in [6.07, 6.45) is 4.19. The molecule has 2 aromatic rings. The second-order valence-corrected chi connectivity index (χ2v) is 5.93. The summed E-state index contributed by atoms with van der Waals surface area (Å²) in [6, 6.07) is 9.68. The molecular weight excluding hydrogens is 302 g/mol. The first-order chi connectivity index (χ1) is 11.6. The Balaban J connectivity index is 2.05. The Labute approximate surface area is 143 Å². The molecule has 5 heteroatoms. The minimum Gasteiger partial charge on any atom is -0.385 e. The van der Waals surface area contributed by atoms with Crippen molar-refractivity contribution >= 4 is 17.3 Å². The number of nitrogens with one attached hydrogen (secondary N) is 2. The number of methoxy groups -OCH3 is 1. The number of para-hydroxylation sites is 1. The highest BCUT2D eigenvalue weighted by atomic mass is 16.5. The van der Waals surface area contributed by atoms with E-state index in [9.17, 15) is 4.79 Å². The van der Waals surface area contributed by atoms with Crippen LogP contribution in [0.3, 0.4) is 0 Å². The average Bonchev–Trinajstić information content (AvgIpc) is 2.59. The maximum Gasteiger partial charge on any atom is 0.257 e. The van der Waals surface area contributed by atoms with Crippen LogP contribution in [0, 0.1) is 0 Å². The summed E-state index contributed by atoms with van der Waals surface area (Å²) in [5, 5.41) is 6.23. The first kappa shape index (κ1) is 17.9. The summed E-state index contributed by atoms with van der Waals surface area (Å²) < 4.78 is 5.02. The molecular formula is C19H25N3O2. The molecule has 5 nitrogen and oxygen atoms in total. The largest absolute Gasteiger partial charge is 0.385 e. The lowest BCUT2D eigenvalue weighted by atomic mass is 10.0. The van der Waals surface area contributed by atoms with Crippen LogP contribution in [0.4, 0.5) is 11.4 Å². The summed E-state index contributed by atoms with van der Waals surface area (Å²) in [5.41, 5.74) is 3.32. The van der Waals surface area contributed by atoms with Gasteiger partial charge in [-0.05, 0) is 30.0 Å². The van der Waals surface area contributed by atoms with Crippen molar-refractivity contribution in [3.05, 3.63) is 53.9 Å². The highest BCUT2D eigenvalue weighted by Crippen LogP contribution is 2.24. The van der Waals surface area contributed by atoms with Crippen molar-refractivity contribution in [2.45, 2.75) is 26.2 Å². The van der Waals surface area contributed by atoms with E-state index in [1.807, 2.05) is 30.3 Å². The SMILES string of the molecule is COCCCNc1cncc(C(=O)Nc2ccccc2C(C)C)c1. The third-order valence-electron chi connectivity index (χ3n) is 3.69. The van der Waals surface area contributed by atoms with E-state index in [1.165, 1.54) is 0 Å². The van der Waals surface area contributed by atoms with Crippen LogP contribution in [-0.2, 0) is 4.74 Å². The van der Waals surface area contributed by atoms with Crippen molar-refractivity contribution < 1.29 is 9.53 Å². The van der Waals surface area contributed by atoms with Crippen LogP contribution >= 0.6 is 0 Å². The standard InChI is InChI=1S/C19H25N3O2/c1-14(2)17-7-4-5-8-18(17)22-19(23)15-11-16(13-20-12-15)21-9-6-10-24-3/h4-5,7-8,11-14,21H,6,9-10H2,1-3H3,(H,22,23). The number of amides is 1. The molecule has 0 fully saturated rings. The highest BCUT2D eigenvalue weighted by molar-refractivity contribution is 6.05. The van der Waals surface area contributed by atoms with Gasteiger partial charge < -0.3 is 15.4 Å². The van der Waals surface area contributed by atoms with Gasteiger partial charge >= 0.3 is 0 Å². The number of hydrogen-bond acceptors (Lipinski definition) is 4. The molecule has 2 N–H and O–H groups in total. The molecule has 0 atom stereocenters. The van der Waals surface area contributed by atoms with Crippen molar-refractivity contribution in [1.29, 1.82) is 0 Å². The van der Waals surface area contributed by atoms with E-state index in [-0.39, 0.29) is 5.91 Å². The Morgan fingerprint density at radius 3 is 2.79 bits per heavy atom. The van der Waals surface area contributed by atoms with Gasteiger partial charge in [-0.25, -0.2) is 0 Å². The van der Waals surface area contributed by atoms with E-state index in [1.54, 1.807) is 19.5 Å². The number of rotatable bonds is 8. The van der Waals surface area contributed by atoms with E-state index >= 15 is 0 Å². The molecule has 2 rings (SSSR count). The van der Waals surface area contributed by atoms with Crippen LogP contribution in [0.15, 0.2) is 42.7 Å². The van der Waals surface area contributed by atoms with Gasteiger partial charge in [0.25, 0.3) is 5.91 Å². The Hall–Kier alpha value is -2.40. The van der Waals surface area contributed by atoms with E-state index in [4.69, 9.17) is 4.74 Å². The minimum atomic E-state index is -0.156. The fraction of sp³-hybridized carbons (Fsp3) is 0.368. The van der Waals surface area contributed by atoms with Crippen molar-refractivity contribution in [3.8, 4) is 0 Å². The third kappa shape index (κ3) is 5.06. The predicted octanol–water partition coefficient (Wildman–Crippen LogP) is 3.91. The quantitative estimate of drug-likeness (QED) is 0.722. The van der Waals surface area contributed by atoms with Crippen LogP contribution in [0.25, 0.3) is 0 Å². The molecule has 0 spiro atoms. The van der Waals surface area contributed by atoms with Crippen LogP contribution < -0.4 is 10.6 Å². The lowest BCUT2D eigenvalue weighted by molar-refractivity contribution is 0.102. The maximum absolute atomic E-state index is 12.5. The lowest BCUT2D eigenvalue weighted by Gasteiger charge is -2.14. The number of aromatic nitrogens is 1. The van der Waals surface area contributed by atoms with Gasteiger partial charge in [0.05, 0.1) is 11.3 Å². The molecule has 1 amide bonds. The van der Waals surface area contributed by atoms with Gasteiger partial charge in [0.2, 0.25) is 0 Å². The minimum absolute atomic E-state index is 0.156. The molecule has 1 aromatic carbocycles. The number of anilines is 2. The van der Waals surface area contributed by atoms with E-state index < -0.39 is 0 Å². The van der Waals surface area contributed by atoms with Crippen molar-refractivity contribution in [3.63, 3.8) is 0 Å². The van der Waals surface area contributed by atoms with Crippen LogP contribution in [0.2, 0.25) is 0 Å². The fourth-order valence-corrected chi connectivity index (χ4v) is 2.42. The Morgan fingerprint density at radius 2 is 2.04 bits per heavy atom. The number of pyridine rings is 1. The molecule has 0 unspecified atom stereocenters. The van der Waals surface area contributed by atoms with Crippen LogP contribution in [0.1, 0.15) is 42.1 Å². The van der Waals surface area contributed by atoms with Gasteiger partial charge in [-0.3, -0.25) is 9.78 Å². The molecule has 0 aliphatic rings. The summed E-state index contributed by atoms with van der Waals surface area (Å²) in [6.45, 7) is 5.69. The summed E-state index contributed by atoms with van der Waals surface area (Å²) >= 11 is 0. The smallest absolute Gasteiger partial charge is 0.257 e. The van der Waals surface area contributed by atoms with Gasteiger partial charge in [0.15, 0.2) is 0 Å². The monoisotopic (exact) mass is 327 g/mol. The fourth-order valence-electron chi connectivity index (χ4n) is 2.42. The number of carbonyl (C=O) groups excluding carboxylic acids is 1. The van der Waals surface area contributed by atoms with Gasteiger partial charge in [0.1, 0.15) is 0 Å². The Morgan fingerprint density at radius 1 is 1.25 bits per heavy atom. The zero-order valence-electron chi connectivity index (χ0n) is 14.5. The van der Waals surface area contributed by atoms with E-state index in [0.29, 0.717) is 18.1 Å². The maximum atomic E-state index is 12.5. The average molecular weight is 327 g/mol. The second kappa shape index (κ2) is 9.03. The summed E-state index contributed by atoms with van der Waals surface area (Å²) in [5.74, 6) is 0.185. The number of hydrogen-bond donors (Lipinski definition) is 2. The first-order valence-corrected chi connectivity index (χ1v) is 8.20. The summed E-state index contributed by atoms with van der Waals surface area (Å²) in [7, 11) is 1.68. The summed E-state index contributed by atoms with van der Waals surface area (Å²) in [4.78, 5) is 16.7. The molecule has 0 aliphatic carbocycles. The molecule has 0 saturated heterocycles. The van der Waals surface area contributed by atoms with Gasteiger partial charge in [0, 0.05) is 38.3 Å². The normalized spacial score (nSPS) is 10.7. The van der Waals surface area contributed by atoms with Gasteiger partial charge in [-0.1, -0.05) is 32.0 Å². The molecule has 0 aliphatic heterocycles. The van der Waals surface area contributed by atoms with Crippen molar-refractivity contribution in [2.75, 3.05) is 30.9 Å². The highest BCUT2D eigenvalue weighted by Gasteiger charge is 2.11. The van der Waals surface area contributed by atoms with Crippen molar-refractivity contribution in [2.24, 2.45) is 0 Å². The Kier molecular flexibility index (Phi) is 6.75. The molecule has 0 radical (unpaired) electrons. The number of nitrogens with zero attached hydrogens (tertiary/aromatic N) is 1. The molecule has 24 heavy (non-hydrogen) atoms. The number of ether oxygens (including phenoxy) is 1. The molecule has 0 bridgehead atoms. The molecule has 1 heterocycles. The third-order valence-corrected chi connectivity index (χ3v) is 3.69. The van der Waals surface area contributed by atoms with Crippen LogP contribution in [-0.4, -0.2) is 31.2 Å². The molecule has 128 valence electrons. The van der Waals surface area contributed by atoms with E-state index in [2.05, 4.69) is 29.5 Å². The molecule has 1 aromatic heterocycles. The lowest BCUT2D eigenvalue weighted by Crippen LogP contribution is -2.14. The number of carbonyl (C=O) groups is 1. The Bertz CT molecular complexity index is 671. The molecule has 0 saturated carbocycles. The van der Waals surface area contributed by atoms with Gasteiger partial charge in [-0.2, -0.15) is 0 Å². The topological polar surface area (TPSA) is 63.2 Å². The predicted molar refractivity (Wildman–Crippen MR) is 97.7 cm³/mol. The zero-order valence-corrected chi connectivity index (χ0v) is 14.5. The zero-order chi connectivity index (χ0) is 17.4. The van der Waals surface area contributed by atoms with Crippen molar-refractivity contribution in [1.82, 2.24) is 4.98 Å². The second-order valence-electron chi connectivity index (χ2n) is 5.93. The van der Waals surface area contributed by atoms with Gasteiger partial charge in [-0.15, -0.1) is 0 Å². The first-order valence-electron chi connectivity index (χ1n) is 8.20. The number of benzene rings is 1. The van der Waals surface area contributed by atoms with Crippen LogP contribution in [0.5, 0.6) is 0 Å². The van der Waals surface area contributed by atoms with E-state index in [0.717, 1.165) is 29.9 Å².